The Bertz CT molecular complexity index is 993. The fourth-order valence-corrected chi connectivity index (χ4v) is 3.62. The van der Waals surface area contributed by atoms with Crippen molar-refractivity contribution in [2.24, 2.45) is 5.92 Å². The lowest BCUT2D eigenvalue weighted by Crippen LogP contribution is -2.35. The Kier molecular flexibility index (Phi) is 7.01. The van der Waals surface area contributed by atoms with Gasteiger partial charge in [0.15, 0.2) is 0 Å². The number of aromatic nitrogens is 1. The summed E-state index contributed by atoms with van der Waals surface area (Å²) >= 11 is 0. The van der Waals surface area contributed by atoms with Crippen molar-refractivity contribution >= 4 is 21.6 Å². The van der Waals surface area contributed by atoms with Crippen LogP contribution in [0, 0.1) is 19.8 Å². The summed E-state index contributed by atoms with van der Waals surface area (Å²) in [5, 5.41) is 2.78. The van der Waals surface area contributed by atoms with Crippen molar-refractivity contribution in [2.75, 3.05) is 11.3 Å². The lowest BCUT2D eigenvalue weighted by Gasteiger charge is -2.14. The van der Waals surface area contributed by atoms with Crippen molar-refractivity contribution in [2.45, 2.75) is 45.6 Å². The van der Waals surface area contributed by atoms with Crippen LogP contribution in [0.5, 0.6) is 0 Å². The number of nitrogens with zero attached hydrogens (tertiary/aromatic N) is 1. The largest absolute Gasteiger partial charge is 0.355 e. The highest BCUT2D eigenvalue weighted by atomic mass is 32.2. The molecule has 2 rings (SSSR count). The summed E-state index contributed by atoms with van der Waals surface area (Å²) in [6.45, 7) is 8.04. The summed E-state index contributed by atoms with van der Waals surface area (Å²) < 4.78 is 28.7. The van der Waals surface area contributed by atoms with E-state index < -0.39 is 15.6 Å². The van der Waals surface area contributed by atoms with Crippen molar-refractivity contribution < 1.29 is 13.2 Å². The first-order valence-corrected chi connectivity index (χ1v) is 10.6. The first-order chi connectivity index (χ1) is 13.1. The first-order valence-electron chi connectivity index (χ1n) is 9.17. The molecule has 1 heterocycles. The van der Waals surface area contributed by atoms with Gasteiger partial charge < -0.3 is 9.88 Å². The molecule has 0 unspecified atom stereocenters. The number of hydrogen-bond acceptors (Lipinski definition) is 4. The summed E-state index contributed by atoms with van der Waals surface area (Å²) in [7, 11) is -3.90. The van der Waals surface area contributed by atoms with Gasteiger partial charge in [0, 0.05) is 12.2 Å². The maximum Gasteiger partial charge on any atom is 0.275 e. The third-order valence-electron chi connectivity index (χ3n) is 4.31. The Morgan fingerprint density at radius 3 is 2.32 bits per heavy atom. The molecule has 1 aromatic carbocycles. The second-order valence-corrected chi connectivity index (χ2v) is 8.91. The van der Waals surface area contributed by atoms with Crippen LogP contribution < -0.4 is 15.6 Å². The zero-order valence-electron chi connectivity index (χ0n) is 16.7. The van der Waals surface area contributed by atoms with E-state index in [2.05, 4.69) is 23.9 Å². The van der Waals surface area contributed by atoms with Gasteiger partial charge in [-0.1, -0.05) is 31.5 Å². The molecule has 0 bridgehead atoms. The minimum absolute atomic E-state index is 0.0658. The van der Waals surface area contributed by atoms with E-state index in [1.165, 1.54) is 22.8 Å². The standard InChI is InChI=1S/C20H27N3O4S/c1-14(2)11-12-21-19(24)13-23-16(4)7-10-18(20(23)25)22-28(26,27)17-8-5-15(3)6-9-17/h5-10,14,22H,11-13H2,1-4H3,(H,21,24). The van der Waals surface area contributed by atoms with Gasteiger partial charge >= 0.3 is 0 Å². The normalized spacial score (nSPS) is 11.5. The highest BCUT2D eigenvalue weighted by molar-refractivity contribution is 7.92. The molecule has 0 spiro atoms. The number of rotatable bonds is 8. The number of amides is 1. The Labute approximate surface area is 165 Å². The number of benzene rings is 1. The SMILES string of the molecule is Cc1ccc(S(=O)(=O)Nc2ccc(C)n(CC(=O)NCCC(C)C)c2=O)cc1. The van der Waals surface area contributed by atoms with Gasteiger partial charge in [0.05, 0.1) is 4.90 Å². The lowest BCUT2D eigenvalue weighted by atomic mass is 10.1. The lowest BCUT2D eigenvalue weighted by molar-refractivity contribution is -0.121. The minimum atomic E-state index is -3.90. The fourth-order valence-electron chi connectivity index (χ4n) is 2.57. The smallest absolute Gasteiger partial charge is 0.275 e. The van der Waals surface area contributed by atoms with E-state index in [0.29, 0.717) is 18.2 Å². The molecule has 1 aromatic heterocycles. The molecule has 0 radical (unpaired) electrons. The van der Waals surface area contributed by atoms with E-state index in [1.807, 2.05) is 6.92 Å². The zero-order valence-corrected chi connectivity index (χ0v) is 17.5. The molecule has 1 amide bonds. The molecule has 0 saturated heterocycles. The van der Waals surface area contributed by atoms with E-state index in [0.717, 1.165) is 12.0 Å². The molecule has 28 heavy (non-hydrogen) atoms. The number of sulfonamides is 1. The van der Waals surface area contributed by atoms with Crippen molar-refractivity contribution in [1.29, 1.82) is 0 Å². The molecule has 7 nitrogen and oxygen atoms in total. The first kappa shape index (κ1) is 21.7. The zero-order chi connectivity index (χ0) is 20.9. The summed E-state index contributed by atoms with van der Waals surface area (Å²) in [6, 6.07) is 9.35. The van der Waals surface area contributed by atoms with Crippen molar-refractivity contribution in [1.82, 2.24) is 9.88 Å². The van der Waals surface area contributed by atoms with Crippen LogP contribution >= 0.6 is 0 Å². The van der Waals surface area contributed by atoms with Crippen LogP contribution in [0.25, 0.3) is 0 Å². The topological polar surface area (TPSA) is 97.3 Å². The van der Waals surface area contributed by atoms with Crippen LogP contribution in [0.3, 0.4) is 0 Å². The van der Waals surface area contributed by atoms with Crippen LogP contribution in [-0.4, -0.2) is 25.4 Å². The average Bonchev–Trinajstić information content (AvgIpc) is 2.61. The van der Waals surface area contributed by atoms with Gasteiger partial charge in [0.2, 0.25) is 5.91 Å². The molecule has 152 valence electrons. The third-order valence-corrected chi connectivity index (χ3v) is 5.70. The maximum atomic E-state index is 12.7. The number of pyridine rings is 1. The summed E-state index contributed by atoms with van der Waals surface area (Å²) in [5.74, 6) is 0.175. The number of hydrogen-bond donors (Lipinski definition) is 2. The van der Waals surface area contributed by atoms with Crippen molar-refractivity contribution in [3.8, 4) is 0 Å². The molecule has 2 N–H and O–H groups in total. The monoisotopic (exact) mass is 405 g/mol. The maximum absolute atomic E-state index is 12.7. The third kappa shape index (κ3) is 5.69. The van der Waals surface area contributed by atoms with Crippen LogP contribution in [-0.2, 0) is 21.4 Å². The predicted octanol–water partition coefficient (Wildman–Crippen LogP) is 2.43. The minimum Gasteiger partial charge on any atom is -0.355 e. The molecule has 0 aliphatic heterocycles. The molecule has 0 saturated carbocycles. The summed E-state index contributed by atoms with van der Waals surface area (Å²) in [6.07, 6.45) is 0.843. The van der Waals surface area contributed by atoms with E-state index in [9.17, 15) is 18.0 Å². The Hall–Kier alpha value is -2.61. The summed E-state index contributed by atoms with van der Waals surface area (Å²) in [4.78, 5) is 24.9. The predicted molar refractivity (Wildman–Crippen MR) is 110 cm³/mol. The van der Waals surface area contributed by atoms with E-state index in [1.54, 1.807) is 25.1 Å². The molecule has 0 aliphatic carbocycles. The molecular formula is C20H27N3O4S. The molecule has 0 atom stereocenters. The molecule has 2 aromatic rings. The molecule has 8 heteroatoms. The fraction of sp³-hybridized carbons (Fsp3) is 0.400. The second kappa shape index (κ2) is 9.05. The quantitative estimate of drug-likeness (QED) is 0.705. The van der Waals surface area contributed by atoms with Gasteiger partial charge in [-0.05, 0) is 50.5 Å². The van der Waals surface area contributed by atoms with Crippen molar-refractivity contribution in [3.05, 3.63) is 58.0 Å². The van der Waals surface area contributed by atoms with Crippen LogP contribution in [0.4, 0.5) is 5.69 Å². The van der Waals surface area contributed by atoms with Gasteiger partial charge in [-0.15, -0.1) is 0 Å². The van der Waals surface area contributed by atoms with E-state index >= 15 is 0 Å². The van der Waals surface area contributed by atoms with Gasteiger partial charge in [-0.3, -0.25) is 14.3 Å². The Balaban J connectivity index is 2.21. The molecule has 0 fully saturated rings. The van der Waals surface area contributed by atoms with Gasteiger partial charge in [0.25, 0.3) is 15.6 Å². The number of aryl methyl sites for hydroxylation is 2. The highest BCUT2D eigenvalue weighted by Gasteiger charge is 2.18. The molecule has 0 aliphatic rings. The summed E-state index contributed by atoms with van der Waals surface area (Å²) in [5.41, 5.74) is 0.846. The van der Waals surface area contributed by atoms with Crippen LogP contribution in [0.1, 0.15) is 31.5 Å². The van der Waals surface area contributed by atoms with Gasteiger partial charge in [0.1, 0.15) is 12.2 Å². The van der Waals surface area contributed by atoms with Gasteiger partial charge in [-0.25, -0.2) is 8.42 Å². The highest BCUT2D eigenvalue weighted by Crippen LogP contribution is 2.14. The number of nitrogens with one attached hydrogen (secondary N) is 2. The number of anilines is 1. The Morgan fingerprint density at radius 1 is 1.07 bits per heavy atom. The van der Waals surface area contributed by atoms with E-state index in [4.69, 9.17) is 0 Å². The van der Waals surface area contributed by atoms with Crippen LogP contribution in [0.2, 0.25) is 0 Å². The number of carbonyl (C=O) groups excluding carboxylic acids is 1. The van der Waals surface area contributed by atoms with Crippen molar-refractivity contribution in [3.63, 3.8) is 0 Å². The molecular weight excluding hydrogens is 378 g/mol. The van der Waals surface area contributed by atoms with Gasteiger partial charge in [-0.2, -0.15) is 0 Å². The van der Waals surface area contributed by atoms with Crippen LogP contribution in [0.15, 0.2) is 46.1 Å². The Morgan fingerprint density at radius 2 is 1.71 bits per heavy atom. The second-order valence-electron chi connectivity index (χ2n) is 7.23. The average molecular weight is 406 g/mol. The number of carbonyl (C=O) groups is 1. The van der Waals surface area contributed by atoms with E-state index in [-0.39, 0.29) is 23.0 Å².